The maximum atomic E-state index is 11.6. The van der Waals surface area contributed by atoms with Crippen molar-refractivity contribution in [1.29, 1.82) is 0 Å². The Kier molecular flexibility index (Phi) is 3.78. The molecule has 0 spiro atoms. The van der Waals surface area contributed by atoms with E-state index >= 15 is 0 Å². The molecule has 2 rings (SSSR count). The van der Waals surface area contributed by atoms with E-state index in [2.05, 4.69) is 31.4 Å². The van der Waals surface area contributed by atoms with Crippen LogP contribution in [0.15, 0.2) is 46.1 Å². The van der Waals surface area contributed by atoms with Gasteiger partial charge in [-0.25, -0.2) is 5.43 Å². The Morgan fingerprint density at radius 2 is 2.11 bits per heavy atom. The minimum absolute atomic E-state index is 0.187. The Bertz CT molecular complexity index is 575. The molecule has 1 amide bonds. The van der Waals surface area contributed by atoms with E-state index in [1.807, 2.05) is 0 Å². The van der Waals surface area contributed by atoms with E-state index in [-0.39, 0.29) is 11.7 Å². The second kappa shape index (κ2) is 5.50. The van der Waals surface area contributed by atoms with Crippen LogP contribution in [-0.4, -0.2) is 22.2 Å². The normalized spacial score (nSPS) is 10.7. The third-order valence-electron chi connectivity index (χ3n) is 2.17. The number of aromatic hydroxyl groups is 1. The first-order chi connectivity index (χ1) is 8.65. The topological polar surface area (TPSA) is 77.5 Å². The molecule has 1 heterocycles. The summed E-state index contributed by atoms with van der Waals surface area (Å²) >= 11 is 3.24. The van der Waals surface area contributed by atoms with Crippen LogP contribution >= 0.6 is 15.9 Å². The number of rotatable bonds is 3. The Morgan fingerprint density at radius 1 is 1.39 bits per heavy atom. The largest absolute Gasteiger partial charge is 0.508 e. The summed E-state index contributed by atoms with van der Waals surface area (Å²) in [6.07, 6.45) is 3.16. The number of nitrogens with one attached hydrogen (secondary N) is 2. The van der Waals surface area contributed by atoms with Crippen LogP contribution in [0.1, 0.15) is 16.1 Å². The Morgan fingerprint density at radius 3 is 2.72 bits per heavy atom. The van der Waals surface area contributed by atoms with Crippen LogP contribution in [0, 0.1) is 0 Å². The van der Waals surface area contributed by atoms with Crippen molar-refractivity contribution >= 4 is 28.1 Å². The van der Waals surface area contributed by atoms with Crippen LogP contribution in [0.2, 0.25) is 0 Å². The summed E-state index contributed by atoms with van der Waals surface area (Å²) in [5.41, 5.74) is 3.59. The fourth-order valence-corrected chi connectivity index (χ4v) is 1.63. The number of phenolic OH excluding ortho intramolecular Hbond substituents is 1. The van der Waals surface area contributed by atoms with Crippen molar-refractivity contribution in [3.05, 3.63) is 52.3 Å². The van der Waals surface area contributed by atoms with E-state index in [4.69, 9.17) is 5.11 Å². The predicted molar refractivity (Wildman–Crippen MR) is 71.7 cm³/mol. The lowest BCUT2D eigenvalue weighted by atomic mass is 10.2. The van der Waals surface area contributed by atoms with Gasteiger partial charge in [-0.1, -0.05) is 0 Å². The maximum Gasteiger partial charge on any atom is 0.287 e. The van der Waals surface area contributed by atoms with Crippen LogP contribution < -0.4 is 5.43 Å². The lowest BCUT2D eigenvalue weighted by molar-refractivity contribution is 0.0951. The van der Waals surface area contributed by atoms with Gasteiger partial charge in [0.2, 0.25) is 0 Å². The second-order valence-electron chi connectivity index (χ2n) is 3.52. The van der Waals surface area contributed by atoms with Gasteiger partial charge in [0.1, 0.15) is 11.4 Å². The van der Waals surface area contributed by atoms with E-state index in [0.717, 1.165) is 10.0 Å². The first-order valence-electron chi connectivity index (χ1n) is 5.11. The molecular weight excluding hydrogens is 298 g/mol. The highest BCUT2D eigenvalue weighted by molar-refractivity contribution is 9.10. The number of carbonyl (C=O) groups is 1. The summed E-state index contributed by atoms with van der Waals surface area (Å²) < 4.78 is 0.801. The summed E-state index contributed by atoms with van der Waals surface area (Å²) in [4.78, 5) is 14.4. The van der Waals surface area contributed by atoms with Gasteiger partial charge in [0.05, 0.1) is 6.21 Å². The van der Waals surface area contributed by atoms with Gasteiger partial charge in [-0.3, -0.25) is 4.79 Å². The number of hydrogen-bond donors (Lipinski definition) is 3. The number of halogens is 1. The predicted octanol–water partition coefficient (Wildman–Crippen LogP) is 2.25. The highest BCUT2D eigenvalue weighted by Gasteiger charge is 2.05. The van der Waals surface area contributed by atoms with Gasteiger partial charge in [-0.05, 0) is 51.8 Å². The summed E-state index contributed by atoms with van der Waals surface area (Å²) in [5, 5.41) is 12.9. The molecule has 0 saturated heterocycles. The quantitative estimate of drug-likeness (QED) is 0.601. The SMILES string of the molecule is O=C(N/N=C/c1ccc(O)cc1)c1cc(Br)c[nH]1. The van der Waals surface area contributed by atoms with Gasteiger partial charge in [-0.2, -0.15) is 5.10 Å². The number of H-pyrrole nitrogens is 1. The van der Waals surface area contributed by atoms with Crippen molar-refractivity contribution in [1.82, 2.24) is 10.4 Å². The Hall–Kier alpha value is -2.08. The monoisotopic (exact) mass is 307 g/mol. The zero-order valence-corrected chi connectivity index (χ0v) is 10.8. The molecule has 92 valence electrons. The van der Waals surface area contributed by atoms with Gasteiger partial charge >= 0.3 is 0 Å². The van der Waals surface area contributed by atoms with Crippen molar-refractivity contribution in [3.63, 3.8) is 0 Å². The molecule has 2 aromatic rings. The Balaban J connectivity index is 1.95. The minimum Gasteiger partial charge on any atom is -0.508 e. The number of benzene rings is 1. The lowest BCUT2D eigenvalue weighted by Gasteiger charge is -1.96. The average molecular weight is 308 g/mol. The molecule has 0 fully saturated rings. The number of hydrazone groups is 1. The van der Waals surface area contributed by atoms with E-state index in [1.54, 1.807) is 36.5 Å². The molecule has 18 heavy (non-hydrogen) atoms. The summed E-state index contributed by atoms with van der Waals surface area (Å²) in [6.45, 7) is 0. The molecule has 0 bridgehead atoms. The van der Waals surface area contributed by atoms with Crippen LogP contribution in [0.25, 0.3) is 0 Å². The standard InChI is InChI=1S/C12H10BrN3O2/c13-9-5-11(14-7-9)12(18)16-15-6-8-1-3-10(17)4-2-8/h1-7,14,17H,(H,16,18)/b15-6+. The minimum atomic E-state index is -0.323. The van der Waals surface area contributed by atoms with E-state index in [0.29, 0.717) is 5.69 Å². The summed E-state index contributed by atoms with van der Waals surface area (Å²) in [7, 11) is 0. The van der Waals surface area contributed by atoms with Gasteiger partial charge in [-0.15, -0.1) is 0 Å². The van der Waals surface area contributed by atoms with Gasteiger partial charge in [0.15, 0.2) is 0 Å². The molecule has 0 aliphatic heterocycles. The zero-order chi connectivity index (χ0) is 13.0. The van der Waals surface area contributed by atoms with Crippen molar-refractivity contribution in [2.75, 3.05) is 0 Å². The zero-order valence-electron chi connectivity index (χ0n) is 9.22. The van der Waals surface area contributed by atoms with Crippen molar-refractivity contribution in [2.45, 2.75) is 0 Å². The molecule has 5 nitrogen and oxygen atoms in total. The number of amides is 1. The smallest absolute Gasteiger partial charge is 0.287 e. The lowest BCUT2D eigenvalue weighted by Crippen LogP contribution is -2.17. The number of nitrogens with zero attached hydrogens (tertiary/aromatic N) is 1. The molecule has 1 aromatic heterocycles. The Labute approximate surface area is 112 Å². The molecule has 0 aliphatic rings. The average Bonchev–Trinajstić information content (AvgIpc) is 2.78. The highest BCUT2D eigenvalue weighted by Crippen LogP contribution is 2.10. The fourth-order valence-electron chi connectivity index (χ4n) is 1.29. The molecule has 6 heteroatoms. The molecule has 0 aliphatic carbocycles. The third kappa shape index (κ3) is 3.21. The molecule has 0 unspecified atom stereocenters. The highest BCUT2D eigenvalue weighted by atomic mass is 79.9. The van der Waals surface area contributed by atoms with Crippen LogP contribution in [-0.2, 0) is 0 Å². The van der Waals surface area contributed by atoms with Crippen LogP contribution in [0.3, 0.4) is 0 Å². The molecule has 0 saturated carbocycles. The molecular formula is C12H10BrN3O2. The van der Waals surface area contributed by atoms with Crippen molar-refractivity contribution in [3.8, 4) is 5.75 Å². The van der Waals surface area contributed by atoms with Crippen molar-refractivity contribution < 1.29 is 9.90 Å². The molecule has 1 aromatic carbocycles. The summed E-state index contributed by atoms with van der Waals surface area (Å²) in [6, 6.07) is 8.13. The second-order valence-corrected chi connectivity index (χ2v) is 4.44. The number of aromatic nitrogens is 1. The molecule has 0 radical (unpaired) electrons. The van der Waals surface area contributed by atoms with Gasteiger partial charge in [0.25, 0.3) is 5.91 Å². The summed E-state index contributed by atoms with van der Waals surface area (Å²) in [5.74, 6) is -0.136. The number of phenols is 1. The number of carbonyl (C=O) groups excluding carboxylic acids is 1. The molecule has 3 N–H and O–H groups in total. The van der Waals surface area contributed by atoms with Crippen molar-refractivity contribution in [2.24, 2.45) is 5.10 Å². The number of aromatic amines is 1. The maximum absolute atomic E-state index is 11.6. The third-order valence-corrected chi connectivity index (χ3v) is 2.62. The van der Waals surface area contributed by atoms with Gasteiger partial charge in [0, 0.05) is 10.7 Å². The van der Waals surface area contributed by atoms with Crippen LogP contribution in [0.4, 0.5) is 0 Å². The number of hydrogen-bond acceptors (Lipinski definition) is 3. The first-order valence-corrected chi connectivity index (χ1v) is 5.91. The van der Waals surface area contributed by atoms with E-state index in [9.17, 15) is 4.79 Å². The van der Waals surface area contributed by atoms with E-state index < -0.39 is 0 Å². The van der Waals surface area contributed by atoms with Gasteiger partial charge < -0.3 is 10.1 Å². The molecule has 0 atom stereocenters. The first kappa shape index (κ1) is 12.4. The van der Waals surface area contributed by atoms with Crippen LogP contribution in [0.5, 0.6) is 5.75 Å². The van der Waals surface area contributed by atoms with E-state index in [1.165, 1.54) is 6.21 Å². The fraction of sp³-hybridized carbons (Fsp3) is 0.